The van der Waals surface area contributed by atoms with E-state index in [1.165, 1.54) is 0 Å². The van der Waals surface area contributed by atoms with Crippen LogP contribution in [0.4, 0.5) is 0 Å². The number of carboxylic acid groups (broad SMARTS) is 1. The zero-order valence-electron chi connectivity index (χ0n) is 10.7. The molecule has 3 N–H and O–H groups in total. The Labute approximate surface area is 107 Å². The summed E-state index contributed by atoms with van der Waals surface area (Å²) >= 11 is 0. The van der Waals surface area contributed by atoms with Crippen molar-refractivity contribution in [1.82, 2.24) is 4.90 Å². The maximum absolute atomic E-state index is 12.1. The SMILES string of the molecule is NC1(CC(=O)N2CCCC(CC(=O)O)C2)CCC1. The quantitative estimate of drug-likeness (QED) is 0.783. The van der Waals surface area contributed by atoms with E-state index < -0.39 is 5.97 Å². The number of amides is 1. The second kappa shape index (κ2) is 5.26. The van der Waals surface area contributed by atoms with Crippen molar-refractivity contribution in [3.63, 3.8) is 0 Å². The minimum atomic E-state index is -0.774. The van der Waals surface area contributed by atoms with Crippen molar-refractivity contribution in [1.29, 1.82) is 0 Å². The second-order valence-corrected chi connectivity index (χ2v) is 5.84. The Kier molecular flexibility index (Phi) is 3.90. The third-order valence-corrected chi connectivity index (χ3v) is 4.19. The van der Waals surface area contributed by atoms with E-state index in [9.17, 15) is 9.59 Å². The van der Waals surface area contributed by atoms with Crippen LogP contribution in [-0.2, 0) is 9.59 Å². The molecule has 18 heavy (non-hydrogen) atoms. The molecule has 1 atom stereocenters. The van der Waals surface area contributed by atoms with Crippen LogP contribution in [0.1, 0.15) is 44.9 Å². The van der Waals surface area contributed by atoms with Crippen molar-refractivity contribution in [2.24, 2.45) is 11.7 Å². The molecule has 2 aliphatic rings. The van der Waals surface area contributed by atoms with Gasteiger partial charge in [-0.3, -0.25) is 9.59 Å². The van der Waals surface area contributed by atoms with Crippen LogP contribution >= 0.6 is 0 Å². The number of hydrogen-bond acceptors (Lipinski definition) is 3. The van der Waals surface area contributed by atoms with Crippen LogP contribution in [0.3, 0.4) is 0 Å². The van der Waals surface area contributed by atoms with Crippen LogP contribution < -0.4 is 5.73 Å². The highest BCUT2D eigenvalue weighted by molar-refractivity contribution is 5.78. The van der Waals surface area contributed by atoms with Gasteiger partial charge in [0.25, 0.3) is 0 Å². The predicted octanol–water partition coefficient (Wildman–Crippen LogP) is 0.971. The molecule has 1 saturated heterocycles. The van der Waals surface area contributed by atoms with Gasteiger partial charge >= 0.3 is 5.97 Å². The summed E-state index contributed by atoms with van der Waals surface area (Å²) in [6, 6.07) is 0. The summed E-state index contributed by atoms with van der Waals surface area (Å²) in [5.41, 5.74) is 5.80. The number of rotatable bonds is 4. The molecule has 5 heteroatoms. The number of piperidine rings is 1. The van der Waals surface area contributed by atoms with Crippen LogP contribution in [0.25, 0.3) is 0 Å². The van der Waals surface area contributed by atoms with Gasteiger partial charge in [0, 0.05) is 31.5 Å². The van der Waals surface area contributed by atoms with Crippen molar-refractivity contribution in [3.8, 4) is 0 Å². The number of aliphatic carboxylic acids is 1. The molecule has 1 heterocycles. The lowest BCUT2D eigenvalue weighted by Crippen LogP contribution is -2.51. The Balaban J connectivity index is 1.84. The van der Waals surface area contributed by atoms with Gasteiger partial charge in [-0.25, -0.2) is 0 Å². The topological polar surface area (TPSA) is 83.6 Å². The third kappa shape index (κ3) is 3.22. The first-order chi connectivity index (χ1) is 8.48. The van der Waals surface area contributed by atoms with Gasteiger partial charge in [-0.1, -0.05) is 0 Å². The van der Waals surface area contributed by atoms with Crippen molar-refractivity contribution in [2.45, 2.75) is 50.5 Å². The Hall–Kier alpha value is -1.10. The van der Waals surface area contributed by atoms with E-state index in [-0.39, 0.29) is 23.8 Å². The van der Waals surface area contributed by atoms with Gasteiger partial charge in [0.2, 0.25) is 5.91 Å². The second-order valence-electron chi connectivity index (χ2n) is 5.84. The molecule has 1 aliphatic heterocycles. The Bertz CT molecular complexity index is 339. The van der Waals surface area contributed by atoms with E-state index in [1.54, 1.807) is 0 Å². The maximum atomic E-state index is 12.1. The molecule has 0 spiro atoms. The summed E-state index contributed by atoms with van der Waals surface area (Å²) in [5, 5.41) is 8.80. The van der Waals surface area contributed by atoms with Gasteiger partial charge < -0.3 is 15.7 Å². The number of nitrogens with zero attached hydrogens (tertiary/aromatic N) is 1. The molecule has 102 valence electrons. The minimum absolute atomic E-state index is 0.104. The van der Waals surface area contributed by atoms with Gasteiger partial charge in [-0.2, -0.15) is 0 Å². The first-order valence-corrected chi connectivity index (χ1v) is 6.77. The molecule has 0 aromatic carbocycles. The van der Waals surface area contributed by atoms with Gasteiger partial charge in [-0.05, 0) is 38.0 Å². The molecular weight excluding hydrogens is 232 g/mol. The molecule has 2 fully saturated rings. The lowest BCUT2D eigenvalue weighted by atomic mass is 9.75. The number of carbonyl (C=O) groups is 2. The first-order valence-electron chi connectivity index (χ1n) is 6.77. The van der Waals surface area contributed by atoms with Crippen molar-refractivity contribution in [3.05, 3.63) is 0 Å². The molecule has 1 unspecified atom stereocenters. The monoisotopic (exact) mass is 254 g/mol. The first kappa shape index (κ1) is 13.3. The van der Waals surface area contributed by atoms with E-state index in [1.807, 2.05) is 4.90 Å². The lowest BCUT2D eigenvalue weighted by molar-refractivity contribution is -0.141. The highest BCUT2D eigenvalue weighted by atomic mass is 16.4. The molecule has 1 saturated carbocycles. The Morgan fingerprint density at radius 1 is 1.33 bits per heavy atom. The largest absolute Gasteiger partial charge is 0.481 e. The lowest BCUT2D eigenvalue weighted by Gasteiger charge is -2.40. The molecule has 5 nitrogen and oxygen atoms in total. The fraction of sp³-hybridized carbons (Fsp3) is 0.846. The fourth-order valence-electron chi connectivity index (χ4n) is 2.93. The highest BCUT2D eigenvalue weighted by Gasteiger charge is 2.36. The van der Waals surface area contributed by atoms with Crippen molar-refractivity contribution in [2.75, 3.05) is 13.1 Å². The summed E-state index contributed by atoms with van der Waals surface area (Å²) in [6.07, 6.45) is 5.39. The minimum Gasteiger partial charge on any atom is -0.481 e. The molecule has 0 radical (unpaired) electrons. The van der Waals surface area contributed by atoms with Crippen LogP contribution in [0.2, 0.25) is 0 Å². The Morgan fingerprint density at radius 2 is 2.06 bits per heavy atom. The van der Waals surface area contributed by atoms with Gasteiger partial charge in [0.15, 0.2) is 0 Å². The van der Waals surface area contributed by atoms with Crippen LogP contribution in [0.5, 0.6) is 0 Å². The average molecular weight is 254 g/mol. The molecule has 0 aromatic heterocycles. The van der Waals surface area contributed by atoms with E-state index in [0.29, 0.717) is 13.0 Å². The average Bonchev–Trinajstić information content (AvgIpc) is 2.26. The van der Waals surface area contributed by atoms with E-state index in [2.05, 4.69) is 0 Å². The van der Waals surface area contributed by atoms with Crippen molar-refractivity contribution < 1.29 is 14.7 Å². The number of carboxylic acids is 1. The summed E-state index contributed by atoms with van der Waals surface area (Å²) in [6.45, 7) is 1.34. The van der Waals surface area contributed by atoms with E-state index in [4.69, 9.17) is 10.8 Å². The van der Waals surface area contributed by atoms with Crippen molar-refractivity contribution >= 4 is 11.9 Å². The number of hydrogen-bond donors (Lipinski definition) is 2. The van der Waals surface area contributed by atoms with Gasteiger partial charge in [0.1, 0.15) is 0 Å². The van der Waals surface area contributed by atoms with Gasteiger partial charge in [0.05, 0.1) is 0 Å². The molecule has 0 bridgehead atoms. The van der Waals surface area contributed by atoms with Crippen LogP contribution in [-0.4, -0.2) is 40.5 Å². The maximum Gasteiger partial charge on any atom is 0.303 e. The molecule has 1 aliphatic carbocycles. The number of carbonyl (C=O) groups excluding carboxylic acids is 1. The summed E-state index contributed by atoms with van der Waals surface area (Å²) < 4.78 is 0. The third-order valence-electron chi connectivity index (χ3n) is 4.19. The number of likely N-dealkylation sites (tertiary alicyclic amines) is 1. The van der Waals surface area contributed by atoms with E-state index in [0.717, 1.165) is 38.6 Å². The zero-order valence-corrected chi connectivity index (χ0v) is 10.7. The predicted molar refractivity (Wildman–Crippen MR) is 66.9 cm³/mol. The molecule has 2 rings (SSSR count). The normalized spacial score (nSPS) is 26.5. The Morgan fingerprint density at radius 3 is 2.61 bits per heavy atom. The van der Waals surface area contributed by atoms with Crippen LogP contribution in [0.15, 0.2) is 0 Å². The standard InChI is InChI=1S/C13H22N2O3/c14-13(4-2-5-13)8-11(16)15-6-1-3-10(9-15)7-12(17)18/h10H,1-9,14H2,(H,17,18). The molecule has 0 aromatic rings. The summed E-state index contributed by atoms with van der Waals surface area (Å²) in [5.74, 6) is -0.564. The summed E-state index contributed by atoms with van der Waals surface area (Å²) in [4.78, 5) is 24.7. The highest BCUT2D eigenvalue weighted by Crippen LogP contribution is 2.33. The van der Waals surface area contributed by atoms with Crippen LogP contribution in [0, 0.1) is 5.92 Å². The fourth-order valence-corrected chi connectivity index (χ4v) is 2.93. The van der Waals surface area contributed by atoms with Gasteiger partial charge in [-0.15, -0.1) is 0 Å². The number of nitrogens with two attached hydrogens (primary N) is 1. The smallest absolute Gasteiger partial charge is 0.303 e. The molecule has 1 amide bonds. The summed E-state index contributed by atoms with van der Waals surface area (Å²) in [7, 11) is 0. The van der Waals surface area contributed by atoms with E-state index >= 15 is 0 Å². The zero-order chi connectivity index (χ0) is 13.2. The molecular formula is C13H22N2O3.